The molecule has 1 fully saturated rings. The summed E-state index contributed by atoms with van der Waals surface area (Å²) in [6, 6.07) is 0. The van der Waals surface area contributed by atoms with E-state index in [1.807, 2.05) is 6.92 Å². The van der Waals surface area contributed by atoms with E-state index in [0.717, 1.165) is 12.8 Å². The first-order valence-corrected chi connectivity index (χ1v) is 9.69. The summed E-state index contributed by atoms with van der Waals surface area (Å²) in [5.74, 6) is 0. The van der Waals surface area contributed by atoms with Crippen LogP contribution in [0.25, 0.3) is 0 Å². The predicted molar refractivity (Wildman–Crippen MR) is 74.9 cm³/mol. The van der Waals surface area contributed by atoms with Crippen LogP contribution in [0.2, 0.25) is 0 Å². The maximum absolute atomic E-state index is 12.3. The standard InChI is InChI=1S/C10H23N3O4S2/c1-4-11-9-10(2)19(16,17)13-7-5-12(6-8-13)18(3,14)15/h10-11H,4-9H2,1-3H3. The summed E-state index contributed by atoms with van der Waals surface area (Å²) < 4.78 is 50.0. The van der Waals surface area contributed by atoms with E-state index in [0.29, 0.717) is 6.54 Å². The van der Waals surface area contributed by atoms with Crippen molar-refractivity contribution < 1.29 is 16.8 Å². The molecule has 1 aliphatic rings. The van der Waals surface area contributed by atoms with Crippen molar-refractivity contribution >= 4 is 20.0 Å². The molecular formula is C10H23N3O4S2. The Balaban J connectivity index is 2.64. The van der Waals surface area contributed by atoms with Gasteiger partial charge in [-0.1, -0.05) is 6.92 Å². The predicted octanol–water partition coefficient (Wildman–Crippen LogP) is -1.11. The van der Waals surface area contributed by atoms with Crippen LogP contribution >= 0.6 is 0 Å². The molecule has 0 aromatic carbocycles. The fraction of sp³-hybridized carbons (Fsp3) is 1.00. The zero-order chi connectivity index (χ0) is 14.7. The number of sulfonamides is 2. The van der Waals surface area contributed by atoms with Gasteiger partial charge in [0, 0.05) is 32.7 Å². The van der Waals surface area contributed by atoms with Gasteiger partial charge in [0.25, 0.3) is 0 Å². The van der Waals surface area contributed by atoms with E-state index in [1.165, 1.54) is 8.61 Å². The van der Waals surface area contributed by atoms with Gasteiger partial charge in [0.05, 0.1) is 11.5 Å². The molecule has 0 saturated carbocycles. The SMILES string of the molecule is CCNCC(C)S(=O)(=O)N1CCN(S(C)(=O)=O)CC1. The summed E-state index contributed by atoms with van der Waals surface area (Å²) >= 11 is 0. The summed E-state index contributed by atoms with van der Waals surface area (Å²) in [7, 11) is -6.58. The van der Waals surface area contributed by atoms with Gasteiger partial charge in [0.1, 0.15) is 0 Å². The number of hydrogen-bond acceptors (Lipinski definition) is 5. The Morgan fingerprint density at radius 1 is 1.05 bits per heavy atom. The van der Waals surface area contributed by atoms with Crippen LogP contribution in [0.15, 0.2) is 0 Å². The molecule has 0 spiro atoms. The maximum Gasteiger partial charge on any atom is 0.218 e. The van der Waals surface area contributed by atoms with Crippen molar-refractivity contribution in [1.82, 2.24) is 13.9 Å². The molecule has 0 amide bonds. The number of nitrogens with zero attached hydrogens (tertiary/aromatic N) is 2. The number of piperazine rings is 1. The summed E-state index contributed by atoms with van der Waals surface area (Å²) in [6.45, 7) is 5.63. The van der Waals surface area contributed by atoms with Crippen molar-refractivity contribution in [2.24, 2.45) is 0 Å². The Bertz CT molecular complexity index is 481. The van der Waals surface area contributed by atoms with E-state index in [9.17, 15) is 16.8 Å². The Labute approximate surface area is 116 Å². The molecule has 1 unspecified atom stereocenters. The minimum atomic E-state index is -3.35. The molecule has 0 aliphatic carbocycles. The van der Waals surface area contributed by atoms with E-state index >= 15 is 0 Å². The first kappa shape index (κ1) is 16.8. The Hall–Kier alpha value is -0.220. The minimum Gasteiger partial charge on any atom is -0.316 e. The molecule has 19 heavy (non-hydrogen) atoms. The average Bonchev–Trinajstić information content (AvgIpc) is 2.35. The molecule has 0 aromatic heterocycles. The zero-order valence-corrected chi connectivity index (χ0v) is 13.3. The number of nitrogens with one attached hydrogen (secondary N) is 1. The van der Waals surface area contributed by atoms with Gasteiger partial charge in [-0.15, -0.1) is 0 Å². The van der Waals surface area contributed by atoms with Crippen molar-refractivity contribution in [1.29, 1.82) is 0 Å². The van der Waals surface area contributed by atoms with Crippen molar-refractivity contribution in [3.05, 3.63) is 0 Å². The fourth-order valence-corrected chi connectivity index (χ4v) is 4.30. The van der Waals surface area contributed by atoms with Crippen molar-refractivity contribution in [3.8, 4) is 0 Å². The lowest BCUT2D eigenvalue weighted by atomic mass is 10.4. The molecule has 1 N–H and O–H groups in total. The molecule has 1 atom stereocenters. The quantitative estimate of drug-likeness (QED) is 0.672. The summed E-state index contributed by atoms with van der Waals surface area (Å²) in [5, 5.41) is 2.51. The molecule has 1 saturated heterocycles. The third-order valence-electron chi connectivity index (χ3n) is 3.22. The highest BCUT2D eigenvalue weighted by Gasteiger charge is 2.33. The van der Waals surface area contributed by atoms with Crippen LogP contribution in [0.3, 0.4) is 0 Å². The van der Waals surface area contributed by atoms with E-state index in [1.54, 1.807) is 6.92 Å². The normalized spacial score (nSPS) is 21.4. The molecule has 9 heteroatoms. The smallest absolute Gasteiger partial charge is 0.218 e. The molecule has 0 bridgehead atoms. The highest BCUT2D eigenvalue weighted by Crippen LogP contribution is 2.13. The lowest BCUT2D eigenvalue weighted by Gasteiger charge is -2.34. The summed E-state index contributed by atoms with van der Waals surface area (Å²) in [5.41, 5.74) is 0. The van der Waals surface area contributed by atoms with Gasteiger partial charge in [-0.3, -0.25) is 0 Å². The first-order valence-electron chi connectivity index (χ1n) is 6.34. The topological polar surface area (TPSA) is 86.8 Å². The Morgan fingerprint density at radius 2 is 1.53 bits per heavy atom. The van der Waals surface area contributed by atoms with Crippen LogP contribution in [0.1, 0.15) is 13.8 Å². The van der Waals surface area contributed by atoms with Crippen molar-refractivity contribution in [2.75, 3.05) is 45.5 Å². The highest BCUT2D eigenvalue weighted by molar-refractivity contribution is 7.89. The average molecular weight is 313 g/mol. The molecule has 0 aromatic rings. The van der Waals surface area contributed by atoms with E-state index < -0.39 is 25.3 Å². The lowest BCUT2D eigenvalue weighted by Crippen LogP contribution is -2.53. The Morgan fingerprint density at radius 3 is 1.95 bits per heavy atom. The van der Waals surface area contributed by atoms with Gasteiger partial charge in [-0.2, -0.15) is 8.61 Å². The minimum absolute atomic E-state index is 0.228. The third-order valence-corrected chi connectivity index (χ3v) is 6.79. The summed E-state index contributed by atoms with van der Waals surface area (Å²) in [4.78, 5) is 0. The molecule has 1 rings (SSSR count). The first-order chi connectivity index (χ1) is 8.69. The van der Waals surface area contributed by atoms with Gasteiger partial charge in [0.2, 0.25) is 20.0 Å². The van der Waals surface area contributed by atoms with Crippen LogP contribution < -0.4 is 5.32 Å². The van der Waals surface area contributed by atoms with E-state index in [4.69, 9.17) is 0 Å². The fourth-order valence-electron chi connectivity index (χ4n) is 1.96. The monoisotopic (exact) mass is 313 g/mol. The van der Waals surface area contributed by atoms with Crippen molar-refractivity contribution in [2.45, 2.75) is 19.1 Å². The largest absolute Gasteiger partial charge is 0.316 e. The second kappa shape index (κ2) is 6.49. The molecule has 114 valence electrons. The second-order valence-corrected chi connectivity index (χ2v) is 9.06. The highest BCUT2D eigenvalue weighted by atomic mass is 32.2. The van der Waals surface area contributed by atoms with Crippen LogP contribution in [0.5, 0.6) is 0 Å². The van der Waals surface area contributed by atoms with Gasteiger partial charge >= 0.3 is 0 Å². The van der Waals surface area contributed by atoms with Crippen LogP contribution in [-0.4, -0.2) is 76.2 Å². The number of hydrogen-bond donors (Lipinski definition) is 1. The van der Waals surface area contributed by atoms with Crippen molar-refractivity contribution in [3.63, 3.8) is 0 Å². The molecule has 1 heterocycles. The van der Waals surface area contributed by atoms with E-state index in [-0.39, 0.29) is 26.2 Å². The molecule has 0 radical (unpaired) electrons. The third kappa shape index (κ3) is 4.38. The molecule has 1 aliphatic heterocycles. The van der Waals surface area contributed by atoms with Gasteiger partial charge in [-0.25, -0.2) is 16.8 Å². The van der Waals surface area contributed by atoms with Crippen LogP contribution in [-0.2, 0) is 20.0 Å². The molecular weight excluding hydrogens is 290 g/mol. The summed E-state index contributed by atoms with van der Waals surface area (Å²) in [6.07, 6.45) is 1.14. The van der Waals surface area contributed by atoms with Crippen LogP contribution in [0, 0.1) is 0 Å². The van der Waals surface area contributed by atoms with Gasteiger partial charge < -0.3 is 5.32 Å². The van der Waals surface area contributed by atoms with Gasteiger partial charge in [0.15, 0.2) is 0 Å². The van der Waals surface area contributed by atoms with Crippen LogP contribution in [0.4, 0.5) is 0 Å². The second-order valence-electron chi connectivity index (χ2n) is 4.72. The Kier molecular flexibility index (Phi) is 5.75. The molecule has 7 nitrogen and oxygen atoms in total. The lowest BCUT2D eigenvalue weighted by molar-refractivity contribution is 0.272. The zero-order valence-electron chi connectivity index (χ0n) is 11.7. The van der Waals surface area contributed by atoms with E-state index in [2.05, 4.69) is 5.32 Å². The maximum atomic E-state index is 12.3. The number of rotatable bonds is 6. The van der Waals surface area contributed by atoms with Gasteiger partial charge in [-0.05, 0) is 13.5 Å².